The van der Waals surface area contributed by atoms with Gasteiger partial charge in [-0.15, -0.1) is 0 Å². The molecule has 3 unspecified atom stereocenters. The molecule has 0 aromatic rings. The number of alkyl halides is 1. The molecule has 4 aliphatic carbocycles. The number of hydrogen-bond donors (Lipinski definition) is 1. The Hall–Kier alpha value is -1.33. The third-order valence-corrected chi connectivity index (χ3v) is 5.16. The van der Waals surface area contributed by atoms with Gasteiger partial charge >= 0.3 is 12.1 Å². The van der Waals surface area contributed by atoms with E-state index in [2.05, 4.69) is 4.74 Å². The van der Waals surface area contributed by atoms with Crippen molar-refractivity contribution < 1.29 is 28.6 Å². The molecule has 5 nitrogen and oxygen atoms in total. The average molecular weight is 286 g/mol. The van der Waals surface area contributed by atoms with Crippen molar-refractivity contribution in [2.45, 2.75) is 38.3 Å². The standard InChI is InChI=1S/C14H19FO5/c15-11(12(16)17)6-19-13(18)20-7-14-3-8-1-9(4-14)10(2-8)5-14/h8-11H,1-7H2,(H,16,17). The molecule has 4 rings (SSSR count). The van der Waals surface area contributed by atoms with Crippen molar-refractivity contribution in [3.05, 3.63) is 0 Å². The highest BCUT2D eigenvalue weighted by atomic mass is 19.1. The van der Waals surface area contributed by atoms with E-state index in [1.165, 1.54) is 12.8 Å². The number of carbonyl (C=O) groups excluding carboxylic acids is 1. The lowest BCUT2D eigenvalue weighted by Crippen LogP contribution is -2.33. The molecule has 4 saturated carbocycles. The van der Waals surface area contributed by atoms with Crippen LogP contribution in [-0.4, -0.2) is 36.6 Å². The first-order valence-electron chi connectivity index (χ1n) is 7.14. The first-order chi connectivity index (χ1) is 9.47. The number of carbonyl (C=O) groups is 2. The Morgan fingerprint density at radius 2 is 1.85 bits per heavy atom. The van der Waals surface area contributed by atoms with Crippen LogP contribution in [0.4, 0.5) is 9.18 Å². The second kappa shape index (κ2) is 4.90. The molecule has 112 valence electrons. The van der Waals surface area contributed by atoms with Crippen LogP contribution in [0.15, 0.2) is 0 Å². The Balaban J connectivity index is 1.44. The highest BCUT2D eigenvalue weighted by molar-refractivity contribution is 5.72. The molecule has 0 aromatic carbocycles. The monoisotopic (exact) mass is 286 g/mol. The second-order valence-corrected chi connectivity index (χ2v) is 6.63. The number of aliphatic carboxylic acids is 1. The minimum atomic E-state index is -2.20. The van der Waals surface area contributed by atoms with E-state index in [9.17, 15) is 14.0 Å². The van der Waals surface area contributed by atoms with Gasteiger partial charge in [0.15, 0.2) is 0 Å². The summed E-state index contributed by atoms with van der Waals surface area (Å²) in [6, 6.07) is 0. The van der Waals surface area contributed by atoms with Crippen molar-refractivity contribution in [3.8, 4) is 0 Å². The Bertz CT molecular complexity index is 404. The molecule has 0 saturated heterocycles. The second-order valence-electron chi connectivity index (χ2n) is 6.63. The number of halogens is 1. The predicted octanol–water partition coefficient (Wildman–Crippen LogP) is 2.39. The lowest BCUT2D eigenvalue weighted by atomic mass is 9.70. The first-order valence-corrected chi connectivity index (χ1v) is 7.14. The topological polar surface area (TPSA) is 72.8 Å². The number of ether oxygens (including phenoxy) is 2. The number of carboxylic acids is 1. The van der Waals surface area contributed by atoms with E-state index in [-0.39, 0.29) is 5.41 Å². The van der Waals surface area contributed by atoms with Crippen LogP contribution < -0.4 is 0 Å². The van der Waals surface area contributed by atoms with Crippen molar-refractivity contribution >= 4 is 12.1 Å². The normalized spacial score (nSPS) is 38.8. The maximum absolute atomic E-state index is 12.8. The van der Waals surface area contributed by atoms with E-state index in [0.717, 1.165) is 37.0 Å². The average Bonchev–Trinajstić information content (AvgIpc) is 2.81. The van der Waals surface area contributed by atoms with E-state index in [1.807, 2.05) is 0 Å². The molecule has 6 heteroatoms. The molecule has 0 heterocycles. The minimum Gasteiger partial charge on any atom is -0.479 e. The Labute approximate surface area is 116 Å². The van der Waals surface area contributed by atoms with Crippen molar-refractivity contribution in [3.63, 3.8) is 0 Å². The zero-order chi connectivity index (χ0) is 14.3. The maximum atomic E-state index is 12.8. The molecule has 20 heavy (non-hydrogen) atoms. The van der Waals surface area contributed by atoms with Crippen LogP contribution in [0, 0.1) is 23.2 Å². The van der Waals surface area contributed by atoms with Gasteiger partial charge in [0.05, 0.1) is 0 Å². The summed E-state index contributed by atoms with van der Waals surface area (Å²) >= 11 is 0. The smallest absolute Gasteiger partial charge is 0.479 e. The molecule has 4 bridgehead atoms. The minimum absolute atomic E-state index is 0.0947. The van der Waals surface area contributed by atoms with Gasteiger partial charge in [-0.25, -0.2) is 14.0 Å². The summed E-state index contributed by atoms with van der Waals surface area (Å²) in [5.74, 6) is 0.711. The summed E-state index contributed by atoms with van der Waals surface area (Å²) in [4.78, 5) is 21.6. The van der Waals surface area contributed by atoms with Crippen LogP contribution in [0.1, 0.15) is 32.1 Å². The SMILES string of the molecule is O=C(OCC(F)C(=O)O)OCC12CC3CC(C1)C(C3)C2. The van der Waals surface area contributed by atoms with E-state index in [1.54, 1.807) is 0 Å². The molecule has 3 atom stereocenters. The van der Waals surface area contributed by atoms with Crippen molar-refractivity contribution in [2.24, 2.45) is 23.2 Å². The fourth-order valence-corrected chi connectivity index (χ4v) is 4.62. The quantitative estimate of drug-likeness (QED) is 0.786. The van der Waals surface area contributed by atoms with Crippen LogP contribution in [0.3, 0.4) is 0 Å². The summed E-state index contributed by atoms with van der Waals surface area (Å²) in [5.41, 5.74) is 0.0947. The van der Waals surface area contributed by atoms with Gasteiger partial charge < -0.3 is 14.6 Å². The highest BCUT2D eigenvalue weighted by Crippen LogP contribution is 2.64. The van der Waals surface area contributed by atoms with Gasteiger partial charge in [0.25, 0.3) is 0 Å². The maximum Gasteiger partial charge on any atom is 0.508 e. The van der Waals surface area contributed by atoms with Gasteiger partial charge in [0, 0.05) is 5.41 Å². The summed E-state index contributed by atoms with van der Waals surface area (Å²) in [6.45, 7) is -0.478. The van der Waals surface area contributed by atoms with Gasteiger partial charge in [-0.05, 0) is 49.9 Å². The molecular weight excluding hydrogens is 267 g/mol. The number of rotatable bonds is 5. The van der Waals surface area contributed by atoms with Gasteiger partial charge in [-0.2, -0.15) is 0 Å². The zero-order valence-corrected chi connectivity index (χ0v) is 11.2. The molecule has 0 amide bonds. The van der Waals surface area contributed by atoms with Crippen molar-refractivity contribution in [2.75, 3.05) is 13.2 Å². The van der Waals surface area contributed by atoms with E-state index >= 15 is 0 Å². The molecule has 4 fully saturated rings. The number of hydrogen-bond acceptors (Lipinski definition) is 4. The third-order valence-electron chi connectivity index (χ3n) is 5.16. The first kappa shape index (κ1) is 13.6. The summed E-state index contributed by atoms with van der Waals surface area (Å²) < 4.78 is 22.3. The molecule has 4 aliphatic rings. The predicted molar refractivity (Wildman–Crippen MR) is 65.8 cm³/mol. The summed E-state index contributed by atoms with van der Waals surface area (Å²) in [5, 5.41) is 8.34. The van der Waals surface area contributed by atoms with E-state index < -0.39 is 24.9 Å². The fraction of sp³-hybridized carbons (Fsp3) is 0.857. The molecule has 0 aromatic heterocycles. The van der Waals surface area contributed by atoms with Crippen molar-refractivity contribution in [1.82, 2.24) is 0 Å². The third kappa shape index (κ3) is 2.47. The molecule has 1 N–H and O–H groups in total. The van der Waals surface area contributed by atoms with Crippen LogP contribution in [0.25, 0.3) is 0 Å². The van der Waals surface area contributed by atoms with Gasteiger partial charge in [-0.3, -0.25) is 0 Å². The zero-order valence-electron chi connectivity index (χ0n) is 11.2. The summed E-state index contributed by atoms with van der Waals surface area (Å²) in [6.07, 6.45) is 2.81. The van der Waals surface area contributed by atoms with Gasteiger partial charge in [0.2, 0.25) is 6.17 Å². The molecule has 0 radical (unpaired) electrons. The van der Waals surface area contributed by atoms with Gasteiger partial charge in [-0.1, -0.05) is 0 Å². The van der Waals surface area contributed by atoms with Crippen LogP contribution in [0.5, 0.6) is 0 Å². The Kier molecular flexibility index (Phi) is 3.34. The largest absolute Gasteiger partial charge is 0.508 e. The Morgan fingerprint density at radius 3 is 2.40 bits per heavy atom. The summed E-state index contributed by atoms with van der Waals surface area (Å²) in [7, 11) is 0. The van der Waals surface area contributed by atoms with Crippen LogP contribution in [0.2, 0.25) is 0 Å². The number of carboxylic acid groups (broad SMARTS) is 1. The fourth-order valence-electron chi connectivity index (χ4n) is 4.62. The molecule has 0 spiro atoms. The molecular formula is C14H19FO5. The van der Waals surface area contributed by atoms with Gasteiger partial charge in [0.1, 0.15) is 13.2 Å². The lowest BCUT2D eigenvalue weighted by Gasteiger charge is -2.37. The van der Waals surface area contributed by atoms with E-state index in [4.69, 9.17) is 9.84 Å². The lowest BCUT2D eigenvalue weighted by molar-refractivity contribution is -0.144. The highest BCUT2D eigenvalue weighted by Gasteiger charge is 2.56. The van der Waals surface area contributed by atoms with Crippen LogP contribution in [-0.2, 0) is 14.3 Å². The Morgan fingerprint density at radius 1 is 1.20 bits per heavy atom. The van der Waals surface area contributed by atoms with E-state index in [0.29, 0.717) is 6.61 Å². The van der Waals surface area contributed by atoms with Crippen molar-refractivity contribution in [1.29, 1.82) is 0 Å². The van der Waals surface area contributed by atoms with Crippen LogP contribution >= 0.6 is 0 Å². The molecule has 0 aliphatic heterocycles.